The zero-order valence-corrected chi connectivity index (χ0v) is 16.8. The summed E-state index contributed by atoms with van der Waals surface area (Å²) in [5.41, 5.74) is 2.02. The maximum atomic E-state index is 13.1. The van der Waals surface area contributed by atoms with Crippen LogP contribution in [0.1, 0.15) is 11.3 Å². The van der Waals surface area contributed by atoms with Crippen molar-refractivity contribution in [3.05, 3.63) is 95.3 Å². The summed E-state index contributed by atoms with van der Waals surface area (Å²) in [6.07, 6.45) is 0.674. The van der Waals surface area contributed by atoms with E-state index < -0.39 is 9.84 Å². The Morgan fingerprint density at radius 3 is 2.34 bits per heavy atom. The van der Waals surface area contributed by atoms with Crippen LogP contribution in [-0.2, 0) is 16.3 Å². The number of anilines is 2. The standard InChI is InChI=1S/C21H17ClN4O2S/c22-19-12-11-18(29(27,28)17-9-5-2-6-10-17)21(23-19)24-20-14-16(25-26-20)13-15-7-3-1-4-8-15/h1-12,14H,13H2,(H2,23,24,25,26). The predicted octanol–water partition coefficient (Wildman–Crippen LogP) is 4.63. The monoisotopic (exact) mass is 424 g/mol. The molecule has 2 N–H and O–H groups in total. The number of hydrogen-bond acceptors (Lipinski definition) is 5. The number of H-pyrrole nitrogens is 1. The first-order valence-corrected chi connectivity index (χ1v) is 10.7. The number of hydrogen-bond donors (Lipinski definition) is 2. The van der Waals surface area contributed by atoms with Gasteiger partial charge in [0.2, 0.25) is 9.84 Å². The van der Waals surface area contributed by atoms with E-state index in [9.17, 15) is 8.42 Å². The number of pyridine rings is 1. The average Bonchev–Trinajstić information content (AvgIpc) is 3.16. The molecule has 0 unspecified atom stereocenters. The number of benzene rings is 2. The Balaban J connectivity index is 1.64. The van der Waals surface area contributed by atoms with Crippen molar-refractivity contribution in [1.29, 1.82) is 0 Å². The molecule has 0 amide bonds. The molecule has 8 heteroatoms. The van der Waals surface area contributed by atoms with Gasteiger partial charge in [0.1, 0.15) is 10.0 Å². The molecule has 0 bridgehead atoms. The second kappa shape index (κ2) is 8.06. The predicted molar refractivity (Wildman–Crippen MR) is 112 cm³/mol. The van der Waals surface area contributed by atoms with Crippen LogP contribution in [0.15, 0.2) is 88.7 Å². The second-order valence-corrected chi connectivity index (χ2v) is 8.67. The van der Waals surface area contributed by atoms with E-state index in [0.717, 1.165) is 11.3 Å². The van der Waals surface area contributed by atoms with Gasteiger partial charge in [-0.3, -0.25) is 5.10 Å². The quantitative estimate of drug-likeness (QED) is 0.441. The van der Waals surface area contributed by atoms with Gasteiger partial charge in [0, 0.05) is 18.2 Å². The fourth-order valence-corrected chi connectivity index (χ4v) is 4.42. The Bertz CT molecular complexity index is 1230. The Morgan fingerprint density at radius 2 is 1.62 bits per heavy atom. The Hall–Kier alpha value is -3.16. The summed E-state index contributed by atoms with van der Waals surface area (Å²) < 4.78 is 26.1. The van der Waals surface area contributed by atoms with Crippen LogP contribution in [0.4, 0.5) is 11.6 Å². The van der Waals surface area contributed by atoms with Crippen molar-refractivity contribution in [2.75, 3.05) is 5.32 Å². The minimum Gasteiger partial charge on any atom is -0.322 e. The van der Waals surface area contributed by atoms with Gasteiger partial charge in [0.15, 0.2) is 11.6 Å². The van der Waals surface area contributed by atoms with Crippen LogP contribution in [-0.4, -0.2) is 23.6 Å². The molecule has 0 aliphatic rings. The van der Waals surface area contributed by atoms with Crippen molar-refractivity contribution in [3.8, 4) is 0 Å². The lowest BCUT2D eigenvalue weighted by Crippen LogP contribution is -2.07. The van der Waals surface area contributed by atoms with E-state index in [0.29, 0.717) is 12.2 Å². The van der Waals surface area contributed by atoms with Crippen molar-refractivity contribution in [2.45, 2.75) is 16.2 Å². The van der Waals surface area contributed by atoms with Crippen LogP contribution >= 0.6 is 11.6 Å². The molecular weight excluding hydrogens is 408 g/mol. The molecule has 2 heterocycles. The van der Waals surface area contributed by atoms with Crippen molar-refractivity contribution in [2.24, 2.45) is 0 Å². The van der Waals surface area contributed by atoms with Gasteiger partial charge in [-0.05, 0) is 29.8 Å². The highest BCUT2D eigenvalue weighted by molar-refractivity contribution is 7.91. The van der Waals surface area contributed by atoms with E-state index in [1.165, 1.54) is 12.1 Å². The Labute approximate surface area is 173 Å². The summed E-state index contributed by atoms with van der Waals surface area (Å²) in [5, 5.41) is 10.3. The Morgan fingerprint density at radius 1 is 0.931 bits per heavy atom. The highest BCUT2D eigenvalue weighted by atomic mass is 35.5. The number of nitrogens with one attached hydrogen (secondary N) is 2. The molecule has 0 spiro atoms. The van der Waals surface area contributed by atoms with Gasteiger partial charge in [-0.2, -0.15) is 5.10 Å². The highest BCUT2D eigenvalue weighted by Gasteiger charge is 2.23. The van der Waals surface area contributed by atoms with Gasteiger partial charge in [0.25, 0.3) is 0 Å². The summed E-state index contributed by atoms with van der Waals surface area (Å²) in [6, 6.07) is 22.9. The molecule has 4 aromatic rings. The molecule has 0 atom stereocenters. The molecule has 0 fully saturated rings. The minimum atomic E-state index is -3.77. The topological polar surface area (TPSA) is 87.7 Å². The van der Waals surface area contributed by atoms with E-state index in [1.807, 2.05) is 36.4 Å². The van der Waals surface area contributed by atoms with Gasteiger partial charge < -0.3 is 5.32 Å². The fourth-order valence-electron chi connectivity index (χ4n) is 2.91. The summed E-state index contributed by atoms with van der Waals surface area (Å²) in [5.74, 6) is 0.578. The van der Waals surface area contributed by atoms with Crippen LogP contribution in [0.5, 0.6) is 0 Å². The summed E-state index contributed by atoms with van der Waals surface area (Å²) in [7, 11) is -3.77. The maximum Gasteiger partial charge on any atom is 0.210 e. The number of halogens is 1. The van der Waals surface area contributed by atoms with Gasteiger partial charge >= 0.3 is 0 Å². The maximum absolute atomic E-state index is 13.1. The van der Waals surface area contributed by atoms with Crippen LogP contribution < -0.4 is 5.32 Å². The fraction of sp³-hybridized carbons (Fsp3) is 0.0476. The van der Waals surface area contributed by atoms with E-state index in [4.69, 9.17) is 11.6 Å². The molecule has 4 rings (SSSR count). The van der Waals surface area contributed by atoms with Gasteiger partial charge in [-0.1, -0.05) is 60.1 Å². The molecular formula is C21H17ClN4O2S. The lowest BCUT2D eigenvalue weighted by atomic mass is 10.1. The molecule has 29 heavy (non-hydrogen) atoms. The second-order valence-electron chi connectivity index (χ2n) is 6.36. The molecule has 0 saturated heterocycles. The lowest BCUT2D eigenvalue weighted by Gasteiger charge is -2.10. The van der Waals surface area contributed by atoms with Gasteiger partial charge in [-0.15, -0.1) is 0 Å². The minimum absolute atomic E-state index is 0.0284. The first-order valence-electron chi connectivity index (χ1n) is 8.84. The normalized spacial score (nSPS) is 11.3. The third-order valence-corrected chi connectivity index (χ3v) is 6.29. The molecule has 0 saturated carbocycles. The van der Waals surface area contributed by atoms with Crippen molar-refractivity contribution < 1.29 is 8.42 Å². The average molecular weight is 425 g/mol. The molecule has 6 nitrogen and oxygen atoms in total. The number of aromatic amines is 1. The van der Waals surface area contributed by atoms with Crippen LogP contribution in [0.2, 0.25) is 5.15 Å². The Kier molecular flexibility index (Phi) is 5.33. The number of aromatic nitrogens is 3. The van der Waals surface area contributed by atoms with E-state index in [2.05, 4.69) is 20.5 Å². The van der Waals surface area contributed by atoms with E-state index in [-0.39, 0.29) is 20.8 Å². The van der Waals surface area contributed by atoms with E-state index in [1.54, 1.807) is 30.3 Å². The number of sulfone groups is 1. The van der Waals surface area contributed by atoms with Gasteiger partial charge in [-0.25, -0.2) is 13.4 Å². The van der Waals surface area contributed by atoms with Gasteiger partial charge in [0.05, 0.1) is 4.90 Å². The van der Waals surface area contributed by atoms with Crippen LogP contribution in [0.3, 0.4) is 0 Å². The number of rotatable bonds is 6. The molecule has 0 aliphatic carbocycles. The molecule has 2 aromatic carbocycles. The lowest BCUT2D eigenvalue weighted by molar-refractivity contribution is 0.596. The molecule has 0 radical (unpaired) electrons. The first-order chi connectivity index (χ1) is 14.0. The highest BCUT2D eigenvalue weighted by Crippen LogP contribution is 2.29. The zero-order valence-electron chi connectivity index (χ0n) is 15.2. The largest absolute Gasteiger partial charge is 0.322 e. The summed E-state index contributed by atoms with van der Waals surface area (Å²) in [4.78, 5) is 4.38. The third kappa shape index (κ3) is 4.31. The SMILES string of the molecule is O=S(=O)(c1ccccc1)c1ccc(Cl)nc1Nc1cc(Cc2ccccc2)[nH]n1. The number of nitrogens with zero attached hydrogens (tertiary/aromatic N) is 2. The molecule has 2 aromatic heterocycles. The summed E-state index contributed by atoms with van der Waals surface area (Å²) in [6.45, 7) is 0. The van der Waals surface area contributed by atoms with Crippen molar-refractivity contribution in [1.82, 2.24) is 15.2 Å². The van der Waals surface area contributed by atoms with Crippen LogP contribution in [0.25, 0.3) is 0 Å². The zero-order chi connectivity index (χ0) is 20.3. The third-order valence-electron chi connectivity index (χ3n) is 4.28. The van der Waals surface area contributed by atoms with Crippen LogP contribution in [0, 0.1) is 0 Å². The smallest absolute Gasteiger partial charge is 0.210 e. The summed E-state index contributed by atoms with van der Waals surface area (Å²) >= 11 is 6.02. The molecule has 146 valence electrons. The van der Waals surface area contributed by atoms with E-state index >= 15 is 0 Å². The first kappa shape index (κ1) is 19.2. The van der Waals surface area contributed by atoms with Crippen molar-refractivity contribution >= 4 is 33.1 Å². The van der Waals surface area contributed by atoms with Crippen molar-refractivity contribution in [3.63, 3.8) is 0 Å². The molecule has 0 aliphatic heterocycles.